The molecule has 4 heterocycles. The van der Waals surface area contributed by atoms with Crippen molar-refractivity contribution < 1.29 is 40.6 Å². The first-order valence-electron chi connectivity index (χ1n) is 13.9. The smallest absolute Gasteiger partial charge is 0.459 e. The molecule has 0 saturated carbocycles. The van der Waals surface area contributed by atoms with Gasteiger partial charge in [0.25, 0.3) is 5.89 Å². The maximum absolute atomic E-state index is 14.4. The van der Waals surface area contributed by atoms with Crippen LogP contribution in [-0.4, -0.2) is 63.5 Å². The highest BCUT2D eigenvalue weighted by atomic mass is 19.4. The Morgan fingerprint density at radius 2 is 1.76 bits per heavy atom. The monoisotopic (exact) mass is 636 g/mol. The molecular formula is C30H33F5N6O4. The van der Waals surface area contributed by atoms with Crippen LogP contribution in [0.3, 0.4) is 0 Å². The molecule has 4 aromatic heterocycles. The van der Waals surface area contributed by atoms with Crippen molar-refractivity contribution in [2.75, 3.05) is 20.8 Å². The second-order valence-electron chi connectivity index (χ2n) is 9.19. The number of esters is 1. The number of alkyl halides is 5. The normalized spacial score (nSPS) is 12.2. The summed E-state index contributed by atoms with van der Waals surface area (Å²) >= 11 is 0. The van der Waals surface area contributed by atoms with Crippen LogP contribution in [0.5, 0.6) is 0 Å². The van der Waals surface area contributed by atoms with E-state index in [1.54, 1.807) is 57.3 Å². The molecule has 5 rings (SSSR count). The summed E-state index contributed by atoms with van der Waals surface area (Å²) in [5.41, 5.74) is 0.307. The number of aromatic nitrogens is 5. The third kappa shape index (κ3) is 7.78. The van der Waals surface area contributed by atoms with Crippen molar-refractivity contribution in [1.29, 1.82) is 0 Å². The zero-order chi connectivity index (χ0) is 33.4. The second-order valence-corrected chi connectivity index (χ2v) is 9.19. The summed E-state index contributed by atoms with van der Waals surface area (Å²) in [5.74, 6) is -5.31. The minimum absolute atomic E-state index is 0.0579. The van der Waals surface area contributed by atoms with Crippen molar-refractivity contribution in [1.82, 2.24) is 29.9 Å². The summed E-state index contributed by atoms with van der Waals surface area (Å²) in [6, 6.07) is 10.4. The molecule has 0 spiro atoms. The number of hydrogen-bond donors (Lipinski definition) is 1. The fraction of sp³-hybridized carbons (Fsp3) is 0.367. The van der Waals surface area contributed by atoms with Crippen LogP contribution in [0.1, 0.15) is 39.0 Å². The quantitative estimate of drug-likeness (QED) is 0.149. The number of fused-ring (bicyclic) bond motifs is 3. The molecule has 15 heteroatoms. The van der Waals surface area contributed by atoms with Gasteiger partial charge in [-0.15, -0.1) is 10.2 Å². The highest BCUT2D eigenvalue weighted by Crippen LogP contribution is 2.45. The summed E-state index contributed by atoms with van der Waals surface area (Å²) in [4.78, 5) is 18.7. The van der Waals surface area contributed by atoms with Crippen molar-refractivity contribution in [2.24, 2.45) is 0 Å². The van der Waals surface area contributed by atoms with Gasteiger partial charge >= 0.3 is 18.1 Å². The number of benzene rings is 1. The Balaban J connectivity index is 0.000000435. The molecule has 1 N–H and O–H groups in total. The van der Waals surface area contributed by atoms with Crippen molar-refractivity contribution in [3.8, 4) is 22.7 Å². The van der Waals surface area contributed by atoms with Gasteiger partial charge < -0.3 is 19.2 Å². The van der Waals surface area contributed by atoms with Gasteiger partial charge in [-0.2, -0.15) is 22.0 Å². The average Bonchev–Trinajstić information content (AvgIpc) is 3.72. The van der Waals surface area contributed by atoms with E-state index in [1.807, 2.05) is 13.8 Å². The van der Waals surface area contributed by atoms with Gasteiger partial charge in [-0.1, -0.05) is 38.1 Å². The number of halogens is 5. The van der Waals surface area contributed by atoms with E-state index in [0.29, 0.717) is 24.2 Å². The second kappa shape index (κ2) is 15.0. The molecule has 0 aliphatic rings. The predicted octanol–water partition coefficient (Wildman–Crippen LogP) is 6.58. The maximum atomic E-state index is 14.4. The molecule has 0 radical (unpaired) electrons. The molecule has 1 unspecified atom stereocenters. The predicted molar refractivity (Wildman–Crippen MR) is 156 cm³/mol. The van der Waals surface area contributed by atoms with Gasteiger partial charge in [-0.05, 0) is 55.8 Å². The number of carbonyl (C=O) groups excluding carboxylic acids is 1. The number of pyridine rings is 2. The number of ether oxygens (including phenoxy) is 2. The number of imidazole rings is 1. The van der Waals surface area contributed by atoms with Crippen molar-refractivity contribution >= 4 is 22.6 Å². The van der Waals surface area contributed by atoms with E-state index in [1.165, 1.54) is 17.7 Å². The first-order chi connectivity index (χ1) is 21.4. The van der Waals surface area contributed by atoms with Gasteiger partial charge in [-0.25, -0.2) is 9.97 Å². The maximum Gasteiger partial charge on any atom is 0.459 e. The fourth-order valence-electron chi connectivity index (χ4n) is 3.99. The van der Waals surface area contributed by atoms with Crippen LogP contribution < -0.4 is 5.32 Å². The molecule has 0 amide bonds. The van der Waals surface area contributed by atoms with E-state index >= 15 is 0 Å². The van der Waals surface area contributed by atoms with E-state index in [9.17, 15) is 26.7 Å². The summed E-state index contributed by atoms with van der Waals surface area (Å²) in [6.07, 6.45) is -3.35. The number of hydrogen-bond acceptors (Lipinski definition) is 9. The summed E-state index contributed by atoms with van der Waals surface area (Å²) < 4.78 is 84.7. The Bertz CT molecular complexity index is 1690. The SMILES string of the molecule is CC.CCOC(=O)C(C)NC.COCc1ccc(-c2cc(C(F)(F)C(F)(F)F)nc3c2ccc2nc(-c4nnco4)cn23)cc1. The minimum atomic E-state index is -5.83. The molecule has 1 atom stereocenters. The van der Waals surface area contributed by atoms with Gasteiger partial charge in [0.15, 0.2) is 0 Å². The molecule has 0 bridgehead atoms. The zero-order valence-electron chi connectivity index (χ0n) is 25.4. The number of carbonyl (C=O) groups is 1. The Kier molecular flexibility index (Phi) is 11.7. The van der Waals surface area contributed by atoms with Crippen LogP contribution in [0, 0.1) is 0 Å². The standard InChI is InChI=1S/C22H14F5N5O2.C6H13NO2.C2H6/c1-33-10-12-2-4-13(5-3-12)15-8-17(21(23,24)22(25,26)27)30-19-14(15)6-7-18-29-16(9-32(18)19)20-31-28-11-34-20;1-4-9-6(8)5(2)7-3;1-2/h2-9,11H,10H2,1H3;5,7H,4H2,1-3H3;1-2H3. The van der Waals surface area contributed by atoms with Gasteiger partial charge in [0.1, 0.15) is 28.7 Å². The number of nitrogens with one attached hydrogen (secondary N) is 1. The van der Waals surface area contributed by atoms with Crippen LogP contribution in [0.2, 0.25) is 0 Å². The van der Waals surface area contributed by atoms with E-state index in [0.717, 1.165) is 18.0 Å². The van der Waals surface area contributed by atoms with E-state index in [-0.39, 0.29) is 40.5 Å². The Hall–Kier alpha value is -4.50. The molecule has 0 saturated heterocycles. The molecule has 45 heavy (non-hydrogen) atoms. The Labute approximate surface area is 255 Å². The van der Waals surface area contributed by atoms with Gasteiger partial charge in [0.05, 0.1) is 13.2 Å². The lowest BCUT2D eigenvalue weighted by atomic mass is 9.99. The zero-order valence-corrected chi connectivity index (χ0v) is 25.4. The van der Waals surface area contributed by atoms with E-state index in [4.69, 9.17) is 13.9 Å². The van der Waals surface area contributed by atoms with Crippen LogP contribution >= 0.6 is 0 Å². The molecule has 0 aliphatic carbocycles. The molecule has 0 fully saturated rings. The topological polar surface area (TPSA) is 117 Å². The van der Waals surface area contributed by atoms with Gasteiger partial charge in [0, 0.05) is 18.7 Å². The lowest BCUT2D eigenvalue weighted by molar-refractivity contribution is -0.290. The molecular weight excluding hydrogens is 603 g/mol. The number of methoxy groups -OCH3 is 1. The molecule has 5 aromatic rings. The number of likely N-dealkylation sites (N-methyl/N-ethyl adjacent to an activating group) is 1. The largest absolute Gasteiger partial charge is 0.465 e. The van der Waals surface area contributed by atoms with Crippen molar-refractivity contribution in [3.63, 3.8) is 0 Å². The Morgan fingerprint density at radius 1 is 1.07 bits per heavy atom. The first kappa shape index (κ1) is 35.0. The van der Waals surface area contributed by atoms with Crippen molar-refractivity contribution in [2.45, 2.75) is 52.4 Å². The number of rotatable bonds is 8. The summed E-state index contributed by atoms with van der Waals surface area (Å²) in [7, 11) is 3.25. The minimum Gasteiger partial charge on any atom is -0.465 e. The highest BCUT2D eigenvalue weighted by Gasteiger charge is 2.60. The van der Waals surface area contributed by atoms with Gasteiger partial charge in [-0.3, -0.25) is 9.20 Å². The molecule has 242 valence electrons. The van der Waals surface area contributed by atoms with Gasteiger partial charge in [0.2, 0.25) is 6.39 Å². The van der Waals surface area contributed by atoms with E-state index in [2.05, 4.69) is 25.5 Å². The third-order valence-electron chi connectivity index (χ3n) is 6.30. The van der Waals surface area contributed by atoms with Crippen LogP contribution in [0.25, 0.3) is 39.4 Å². The highest BCUT2D eigenvalue weighted by molar-refractivity contribution is 5.94. The Morgan fingerprint density at radius 3 is 2.31 bits per heavy atom. The lowest BCUT2D eigenvalue weighted by Gasteiger charge is -2.21. The molecule has 10 nitrogen and oxygen atoms in total. The molecule has 1 aromatic carbocycles. The average molecular weight is 637 g/mol. The van der Waals surface area contributed by atoms with E-state index < -0.39 is 17.8 Å². The fourth-order valence-corrected chi connectivity index (χ4v) is 3.99. The molecule has 0 aliphatic heterocycles. The van der Waals surface area contributed by atoms with Crippen LogP contribution in [0.4, 0.5) is 22.0 Å². The summed E-state index contributed by atoms with van der Waals surface area (Å²) in [6.45, 7) is 8.33. The summed E-state index contributed by atoms with van der Waals surface area (Å²) in [5, 5.41) is 10.4. The van der Waals surface area contributed by atoms with Crippen LogP contribution in [-0.2, 0) is 26.8 Å². The third-order valence-corrected chi connectivity index (χ3v) is 6.30. The van der Waals surface area contributed by atoms with Crippen LogP contribution in [0.15, 0.2) is 59.5 Å². The lowest BCUT2D eigenvalue weighted by Crippen LogP contribution is -2.34. The van der Waals surface area contributed by atoms with Crippen molar-refractivity contribution in [3.05, 3.63) is 66.3 Å². The number of nitrogens with zero attached hydrogens (tertiary/aromatic N) is 5. The first-order valence-corrected chi connectivity index (χ1v) is 13.9.